The van der Waals surface area contributed by atoms with Gasteiger partial charge in [0.15, 0.2) is 0 Å². The number of hydrogen-bond acceptors (Lipinski definition) is 3. The van der Waals surface area contributed by atoms with E-state index in [0.717, 1.165) is 6.42 Å². The first-order chi connectivity index (χ1) is 8.94. The number of anilines is 1. The van der Waals surface area contributed by atoms with Gasteiger partial charge in [0.05, 0.1) is 17.8 Å². The number of benzene rings is 1. The first kappa shape index (κ1) is 15.6. The molecule has 5 heteroatoms. The summed E-state index contributed by atoms with van der Waals surface area (Å²) in [5.74, 6) is -0.800. The maximum absolute atomic E-state index is 13.3. The summed E-state index contributed by atoms with van der Waals surface area (Å²) in [4.78, 5) is 11.6. The Kier molecular flexibility index (Phi) is 5.92. The molecule has 0 bridgehead atoms. The topological polar surface area (TPSA) is 61.4 Å². The third-order valence-electron chi connectivity index (χ3n) is 2.73. The van der Waals surface area contributed by atoms with Crippen LogP contribution in [-0.2, 0) is 4.79 Å². The van der Waals surface area contributed by atoms with E-state index < -0.39 is 11.4 Å². The molecule has 3 N–H and O–H groups in total. The van der Waals surface area contributed by atoms with Gasteiger partial charge in [-0.15, -0.1) is 0 Å². The van der Waals surface area contributed by atoms with Crippen molar-refractivity contribution in [3.63, 3.8) is 0 Å². The summed E-state index contributed by atoms with van der Waals surface area (Å²) in [6.45, 7) is 4.07. The van der Waals surface area contributed by atoms with E-state index in [-0.39, 0.29) is 18.1 Å². The minimum atomic E-state index is -0.826. The molecule has 0 spiro atoms. The molecule has 0 aliphatic carbocycles. The lowest BCUT2D eigenvalue weighted by Gasteiger charge is -2.22. The maximum atomic E-state index is 13.3. The Labute approximate surface area is 113 Å². The molecule has 19 heavy (non-hydrogen) atoms. The minimum absolute atomic E-state index is 0.0359. The average molecular weight is 268 g/mol. The van der Waals surface area contributed by atoms with Gasteiger partial charge in [0, 0.05) is 6.54 Å². The van der Waals surface area contributed by atoms with Crippen LogP contribution in [0, 0.1) is 5.82 Å². The van der Waals surface area contributed by atoms with Crippen LogP contribution in [0.3, 0.4) is 0 Å². The molecule has 1 atom stereocenters. The molecule has 0 aliphatic rings. The third kappa shape index (κ3) is 5.81. The van der Waals surface area contributed by atoms with Crippen molar-refractivity contribution in [2.45, 2.75) is 32.3 Å². The number of para-hydroxylation sites is 1. The van der Waals surface area contributed by atoms with Crippen molar-refractivity contribution in [1.82, 2.24) is 5.32 Å². The molecule has 0 heterocycles. The van der Waals surface area contributed by atoms with Crippen LogP contribution in [0.5, 0.6) is 0 Å². The summed E-state index contributed by atoms with van der Waals surface area (Å²) in [6, 6.07) is 6.00. The molecule has 1 aromatic rings. The van der Waals surface area contributed by atoms with E-state index in [4.69, 9.17) is 0 Å². The Morgan fingerprint density at radius 3 is 2.74 bits per heavy atom. The van der Waals surface area contributed by atoms with Crippen molar-refractivity contribution < 1.29 is 14.3 Å². The number of aliphatic hydroxyl groups is 1. The molecule has 0 aromatic heterocycles. The van der Waals surface area contributed by atoms with Crippen LogP contribution in [0.25, 0.3) is 0 Å². The molecular formula is C14H21FN2O2. The van der Waals surface area contributed by atoms with Crippen molar-refractivity contribution in [3.8, 4) is 0 Å². The number of halogens is 1. The van der Waals surface area contributed by atoms with E-state index in [1.54, 1.807) is 19.1 Å². The maximum Gasteiger partial charge on any atom is 0.238 e. The molecule has 0 radical (unpaired) electrons. The van der Waals surface area contributed by atoms with E-state index in [0.29, 0.717) is 13.0 Å². The van der Waals surface area contributed by atoms with Crippen molar-refractivity contribution in [2.75, 3.05) is 18.4 Å². The summed E-state index contributed by atoms with van der Waals surface area (Å²) in [5, 5.41) is 15.2. The molecule has 0 saturated heterocycles. The molecule has 0 aliphatic heterocycles. The number of hydrogen-bond donors (Lipinski definition) is 3. The predicted molar refractivity (Wildman–Crippen MR) is 73.4 cm³/mol. The van der Waals surface area contributed by atoms with Crippen LogP contribution < -0.4 is 10.6 Å². The Morgan fingerprint density at radius 2 is 2.11 bits per heavy atom. The van der Waals surface area contributed by atoms with Crippen molar-refractivity contribution in [3.05, 3.63) is 30.1 Å². The Bertz CT molecular complexity index is 422. The molecular weight excluding hydrogens is 247 g/mol. The zero-order valence-electron chi connectivity index (χ0n) is 11.4. The third-order valence-corrected chi connectivity index (χ3v) is 2.73. The fourth-order valence-corrected chi connectivity index (χ4v) is 1.83. The van der Waals surface area contributed by atoms with Crippen molar-refractivity contribution in [2.24, 2.45) is 0 Å². The second kappa shape index (κ2) is 7.21. The average Bonchev–Trinajstić information content (AvgIpc) is 2.31. The summed E-state index contributed by atoms with van der Waals surface area (Å²) < 4.78 is 13.3. The Morgan fingerprint density at radius 1 is 1.42 bits per heavy atom. The highest BCUT2D eigenvalue weighted by Crippen LogP contribution is 2.12. The van der Waals surface area contributed by atoms with Crippen LogP contribution in [0.2, 0.25) is 0 Å². The summed E-state index contributed by atoms with van der Waals surface area (Å²) in [6.07, 6.45) is 1.53. The molecule has 0 saturated carbocycles. The van der Waals surface area contributed by atoms with Gasteiger partial charge in [-0.25, -0.2) is 4.39 Å². The lowest BCUT2D eigenvalue weighted by atomic mass is 10.0. The monoisotopic (exact) mass is 268 g/mol. The summed E-state index contributed by atoms with van der Waals surface area (Å²) in [7, 11) is 0. The van der Waals surface area contributed by atoms with E-state index >= 15 is 0 Å². The SMILES string of the molecule is CCCC(C)(O)CNCC(=O)Nc1ccccc1F. The number of rotatable bonds is 7. The lowest BCUT2D eigenvalue weighted by molar-refractivity contribution is -0.115. The molecule has 1 aromatic carbocycles. The standard InChI is InChI=1S/C14H21FN2O2/c1-3-8-14(2,19)10-16-9-13(18)17-12-7-5-4-6-11(12)15/h4-7,16,19H,3,8-10H2,1-2H3,(H,17,18). The predicted octanol–water partition coefficient (Wildman–Crippen LogP) is 1.90. The number of carbonyl (C=O) groups excluding carboxylic acids is 1. The molecule has 4 nitrogen and oxygen atoms in total. The number of carbonyl (C=O) groups is 1. The van der Waals surface area contributed by atoms with E-state index in [1.165, 1.54) is 12.1 Å². The van der Waals surface area contributed by atoms with Gasteiger partial charge in [0.25, 0.3) is 0 Å². The van der Waals surface area contributed by atoms with Gasteiger partial charge in [-0.1, -0.05) is 25.5 Å². The Hall–Kier alpha value is -1.46. The van der Waals surface area contributed by atoms with E-state index in [2.05, 4.69) is 10.6 Å². The van der Waals surface area contributed by atoms with Crippen LogP contribution in [0.15, 0.2) is 24.3 Å². The van der Waals surface area contributed by atoms with Crippen molar-refractivity contribution in [1.29, 1.82) is 0 Å². The minimum Gasteiger partial charge on any atom is -0.389 e. The van der Waals surface area contributed by atoms with Crippen LogP contribution in [0.1, 0.15) is 26.7 Å². The fraction of sp³-hybridized carbons (Fsp3) is 0.500. The first-order valence-corrected chi connectivity index (χ1v) is 6.42. The highest BCUT2D eigenvalue weighted by molar-refractivity contribution is 5.92. The van der Waals surface area contributed by atoms with Crippen LogP contribution in [0.4, 0.5) is 10.1 Å². The van der Waals surface area contributed by atoms with Crippen molar-refractivity contribution >= 4 is 11.6 Å². The highest BCUT2D eigenvalue weighted by Gasteiger charge is 2.18. The fourth-order valence-electron chi connectivity index (χ4n) is 1.83. The van der Waals surface area contributed by atoms with Crippen LogP contribution in [-0.4, -0.2) is 29.7 Å². The lowest BCUT2D eigenvalue weighted by Crippen LogP contribution is -2.40. The van der Waals surface area contributed by atoms with E-state index in [1.807, 2.05) is 6.92 Å². The van der Waals surface area contributed by atoms with Crippen LogP contribution >= 0.6 is 0 Å². The second-order valence-corrected chi connectivity index (χ2v) is 4.88. The van der Waals surface area contributed by atoms with Gasteiger partial charge in [0.2, 0.25) is 5.91 Å². The van der Waals surface area contributed by atoms with E-state index in [9.17, 15) is 14.3 Å². The zero-order valence-corrected chi connectivity index (χ0v) is 11.4. The normalized spacial score (nSPS) is 13.9. The van der Waals surface area contributed by atoms with Gasteiger partial charge in [-0.2, -0.15) is 0 Å². The second-order valence-electron chi connectivity index (χ2n) is 4.88. The molecule has 1 amide bonds. The van der Waals surface area contributed by atoms with Gasteiger partial charge < -0.3 is 15.7 Å². The highest BCUT2D eigenvalue weighted by atomic mass is 19.1. The molecule has 0 fully saturated rings. The summed E-state index contributed by atoms with van der Waals surface area (Å²) >= 11 is 0. The quantitative estimate of drug-likeness (QED) is 0.708. The van der Waals surface area contributed by atoms with Gasteiger partial charge >= 0.3 is 0 Å². The summed E-state index contributed by atoms with van der Waals surface area (Å²) in [5.41, 5.74) is -0.665. The smallest absolute Gasteiger partial charge is 0.238 e. The number of amides is 1. The van der Waals surface area contributed by atoms with Gasteiger partial charge in [-0.3, -0.25) is 4.79 Å². The molecule has 106 valence electrons. The van der Waals surface area contributed by atoms with Gasteiger partial charge in [-0.05, 0) is 25.5 Å². The first-order valence-electron chi connectivity index (χ1n) is 6.42. The Balaban J connectivity index is 2.35. The molecule has 1 rings (SSSR count). The van der Waals surface area contributed by atoms with Gasteiger partial charge in [0.1, 0.15) is 5.82 Å². The number of nitrogens with one attached hydrogen (secondary N) is 2. The largest absolute Gasteiger partial charge is 0.389 e. The molecule has 1 unspecified atom stereocenters. The zero-order chi connectivity index (χ0) is 14.3.